The molecular weight excluding hydrogens is 739 g/mol. The van der Waals surface area contributed by atoms with Crippen molar-refractivity contribution in [1.82, 2.24) is 4.57 Å². The highest BCUT2D eigenvalue weighted by atomic mass is 79.9. The molecule has 51 heavy (non-hydrogen) atoms. The van der Waals surface area contributed by atoms with E-state index in [2.05, 4.69) is 15.9 Å². The van der Waals surface area contributed by atoms with Crippen LogP contribution in [-0.2, 0) is 20.9 Å². The van der Waals surface area contributed by atoms with Gasteiger partial charge in [-0.3, -0.25) is 9.36 Å². The number of aromatic nitrogens is 1. The van der Waals surface area contributed by atoms with Crippen LogP contribution in [0.25, 0.3) is 11.8 Å². The van der Waals surface area contributed by atoms with Crippen molar-refractivity contribution in [1.29, 1.82) is 0 Å². The number of hydrogen-bond donors (Lipinski definition) is 0. The van der Waals surface area contributed by atoms with Gasteiger partial charge in [0, 0.05) is 5.56 Å². The normalized spacial score (nSPS) is 14.1. The van der Waals surface area contributed by atoms with Crippen LogP contribution in [0.1, 0.15) is 52.5 Å². The van der Waals surface area contributed by atoms with Crippen LogP contribution in [-0.4, -0.2) is 36.8 Å². The number of fused-ring (bicyclic) bond motifs is 1. The Kier molecular flexibility index (Phi) is 10.9. The van der Waals surface area contributed by atoms with Gasteiger partial charge >= 0.3 is 11.9 Å². The number of nitrogens with zero attached hydrogens (tertiary/aromatic N) is 2. The molecule has 0 radical (unpaired) electrons. The molecule has 0 N–H and O–H groups in total. The zero-order chi connectivity index (χ0) is 36.1. The van der Waals surface area contributed by atoms with Gasteiger partial charge in [0.05, 0.1) is 52.2 Å². The van der Waals surface area contributed by atoms with Gasteiger partial charge in [0.2, 0.25) is 0 Å². The van der Waals surface area contributed by atoms with Crippen molar-refractivity contribution >= 4 is 51.0 Å². The summed E-state index contributed by atoms with van der Waals surface area (Å²) in [6.07, 6.45) is 1.72. The van der Waals surface area contributed by atoms with E-state index in [0.29, 0.717) is 59.9 Å². The monoisotopic (exact) mass is 770 g/mol. The molecule has 1 aromatic heterocycles. The Morgan fingerprint density at radius 1 is 0.941 bits per heavy atom. The minimum atomic E-state index is -0.929. The van der Waals surface area contributed by atoms with E-state index in [4.69, 9.17) is 23.9 Å². The van der Waals surface area contributed by atoms with Gasteiger partial charge in [-0.15, -0.1) is 0 Å². The fourth-order valence-electron chi connectivity index (χ4n) is 5.62. The van der Waals surface area contributed by atoms with E-state index in [1.807, 2.05) is 30.3 Å². The van der Waals surface area contributed by atoms with Gasteiger partial charge in [0.25, 0.3) is 5.56 Å². The van der Waals surface area contributed by atoms with Crippen molar-refractivity contribution in [2.45, 2.75) is 26.5 Å². The minimum absolute atomic E-state index is 0.114. The maximum atomic E-state index is 14.2. The number of benzene rings is 4. The number of thiazole rings is 1. The second-order valence-electron chi connectivity index (χ2n) is 11.2. The van der Waals surface area contributed by atoms with Gasteiger partial charge in [-0.1, -0.05) is 65.9 Å². The number of halogens is 2. The molecule has 0 amide bonds. The number of hydrogen-bond acceptors (Lipinski definition) is 9. The van der Waals surface area contributed by atoms with Crippen molar-refractivity contribution < 1.29 is 32.9 Å². The summed E-state index contributed by atoms with van der Waals surface area (Å²) in [6, 6.07) is 24.5. The molecule has 1 aliphatic rings. The topological polar surface area (TPSA) is 105 Å². The summed E-state index contributed by atoms with van der Waals surface area (Å²) in [5.74, 6) is -0.586. The van der Waals surface area contributed by atoms with Crippen molar-refractivity contribution in [3.05, 3.63) is 154 Å². The average molecular weight is 772 g/mol. The van der Waals surface area contributed by atoms with E-state index in [9.17, 15) is 18.8 Å². The van der Waals surface area contributed by atoms with Crippen LogP contribution in [0.15, 0.2) is 111 Å². The summed E-state index contributed by atoms with van der Waals surface area (Å²) >= 11 is 4.76. The van der Waals surface area contributed by atoms with Crippen molar-refractivity contribution in [2.24, 2.45) is 4.99 Å². The summed E-state index contributed by atoms with van der Waals surface area (Å²) in [7, 11) is 1.52. The molecule has 0 spiro atoms. The second-order valence-corrected chi connectivity index (χ2v) is 13.1. The molecule has 1 aliphatic heterocycles. The Labute approximate surface area is 305 Å². The molecule has 0 unspecified atom stereocenters. The zero-order valence-electron chi connectivity index (χ0n) is 27.9. The number of esters is 2. The minimum Gasteiger partial charge on any atom is -0.493 e. The molecule has 1 atom stereocenters. The van der Waals surface area contributed by atoms with Crippen LogP contribution in [0.4, 0.5) is 4.39 Å². The Morgan fingerprint density at radius 3 is 2.29 bits per heavy atom. The number of carbonyl (C=O) groups is 2. The van der Waals surface area contributed by atoms with Crippen LogP contribution in [0.5, 0.6) is 11.5 Å². The number of methoxy groups -OCH3 is 1. The number of carbonyl (C=O) groups excluding carboxylic acids is 2. The van der Waals surface area contributed by atoms with Gasteiger partial charge in [-0.05, 0) is 88.9 Å². The standard InChI is InChI=1S/C39H32BrFN2O7S/c1-4-48-37(45)27-13-11-23(12-14-27)22-50-35-29(40)19-24(20-30(35)47-3)21-31-36(44)43-34(26-15-17-28(41)18-16-26)32(38(46)49-5-2)33(42-39(43)51-31)25-9-7-6-8-10-25/h6-21,34H,4-5,22H2,1-3H3/b31-21-/t34-/m1/s1. The average Bonchev–Trinajstić information content (AvgIpc) is 3.45. The maximum Gasteiger partial charge on any atom is 0.338 e. The number of rotatable bonds is 11. The third-order valence-electron chi connectivity index (χ3n) is 7.96. The van der Waals surface area contributed by atoms with Gasteiger partial charge in [-0.25, -0.2) is 19.0 Å². The van der Waals surface area contributed by atoms with Crippen LogP contribution in [0.3, 0.4) is 0 Å². The lowest BCUT2D eigenvalue weighted by Gasteiger charge is -2.25. The van der Waals surface area contributed by atoms with Gasteiger partial charge in [0.1, 0.15) is 12.4 Å². The molecule has 5 aromatic rings. The largest absolute Gasteiger partial charge is 0.493 e. The predicted molar refractivity (Wildman–Crippen MR) is 195 cm³/mol. The lowest BCUT2D eigenvalue weighted by Crippen LogP contribution is -2.40. The first kappa shape index (κ1) is 35.5. The van der Waals surface area contributed by atoms with Crippen LogP contribution in [0, 0.1) is 5.82 Å². The van der Waals surface area contributed by atoms with Crippen LogP contribution < -0.4 is 24.4 Å². The van der Waals surface area contributed by atoms with E-state index in [1.54, 1.807) is 68.5 Å². The maximum absolute atomic E-state index is 14.2. The fourth-order valence-corrected chi connectivity index (χ4v) is 7.20. The summed E-state index contributed by atoms with van der Waals surface area (Å²) in [5, 5.41) is 0. The molecular formula is C39H32BrFN2O7S. The van der Waals surface area contributed by atoms with E-state index in [1.165, 1.54) is 35.1 Å². The van der Waals surface area contributed by atoms with Crippen molar-refractivity contribution in [2.75, 3.05) is 20.3 Å². The summed E-state index contributed by atoms with van der Waals surface area (Å²) in [4.78, 5) is 45.1. The lowest BCUT2D eigenvalue weighted by atomic mass is 9.93. The van der Waals surface area contributed by atoms with E-state index >= 15 is 0 Å². The Morgan fingerprint density at radius 2 is 1.63 bits per heavy atom. The molecule has 2 heterocycles. The van der Waals surface area contributed by atoms with Crippen molar-refractivity contribution in [3.8, 4) is 11.5 Å². The smallest absolute Gasteiger partial charge is 0.338 e. The van der Waals surface area contributed by atoms with Gasteiger partial charge in [0.15, 0.2) is 16.3 Å². The number of ether oxygens (including phenoxy) is 4. The third kappa shape index (κ3) is 7.57. The van der Waals surface area contributed by atoms with Gasteiger partial charge < -0.3 is 18.9 Å². The van der Waals surface area contributed by atoms with Crippen molar-refractivity contribution in [3.63, 3.8) is 0 Å². The predicted octanol–water partition coefficient (Wildman–Crippen LogP) is 6.60. The van der Waals surface area contributed by atoms with Crippen LogP contribution >= 0.6 is 27.3 Å². The molecule has 4 aromatic carbocycles. The summed E-state index contributed by atoms with van der Waals surface area (Å²) < 4.78 is 38.8. The van der Waals surface area contributed by atoms with E-state index in [-0.39, 0.29) is 30.3 Å². The highest BCUT2D eigenvalue weighted by molar-refractivity contribution is 9.10. The first-order valence-electron chi connectivity index (χ1n) is 16.0. The fraction of sp³-hybridized carbons (Fsp3) is 0.179. The first-order valence-corrected chi connectivity index (χ1v) is 17.6. The molecule has 0 aliphatic carbocycles. The van der Waals surface area contributed by atoms with E-state index in [0.717, 1.165) is 5.56 Å². The molecule has 0 bridgehead atoms. The zero-order valence-corrected chi connectivity index (χ0v) is 30.3. The van der Waals surface area contributed by atoms with Gasteiger partial charge in [-0.2, -0.15) is 0 Å². The molecule has 12 heteroatoms. The second kappa shape index (κ2) is 15.7. The third-order valence-corrected chi connectivity index (χ3v) is 9.53. The summed E-state index contributed by atoms with van der Waals surface area (Å²) in [5.41, 5.74) is 3.28. The SMILES string of the molecule is CCOC(=O)C1=C(c2ccccc2)N=c2s/c(=C\c3cc(Br)c(OCc4ccc(C(=O)OCC)cc4)c(OC)c3)c(=O)n2[C@@H]1c1ccc(F)cc1. The van der Waals surface area contributed by atoms with Crippen LogP contribution in [0.2, 0.25) is 0 Å². The Balaban J connectivity index is 1.41. The first-order chi connectivity index (χ1) is 24.7. The summed E-state index contributed by atoms with van der Waals surface area (Å²) in [6.45, 7) is 4.07. The Hall–Kier alpha value is -5.33. The molecule has 6 rings (SSSR count). The highest BCUT2D eigenvalue weighted by Gasteiger charge is 2.35. The molecule has 0 saturated heterocycles. The molecule has 260 valence electrons. The lowest BCUT2D eigenvalue weighted by molar-refractivity contribution is -0.138. The molecule has 0 fully saturated rings. The Bertz CT molecular complexity index is 2300. The van der Waals surface area contributed by atoms with E-state index < -0.39 is 17.8 Å². The molecule has 0 saturated carbocycles. The quantitative estimate of drug-likeness (QED) is 0.140. The molecule has 9 nitrogen and oxygen atoms in total. The highest BCUT2D eigenvalue weighted by Crippen LogP contribution is 2.38.